The molecule has 5 heteroatoms. The Morgan fingerprint density at radius 3 is 2.58 bits per heavy atom. The Morgan fingerprint density at radius 2 is 2.05 bits per heavy atom. The molecule has 2 heterocycles. The third-order valence-corrected chi connectivity index (χ3v) is 3.37. The van der Waals surface area contributed by atoms with Crippen LogP contribution in [0, 0.1) is 20.8 Å². The first kappa shape index (κ1) is 13.6. The number of aromatic nitrogens is 1. The molecular weight excluding hydrogens is 242 g/mol. The van der Waals surface area contributed by atoms with Gasteiger partial charge in [-0.05, 0) is 38.5 Å². The number of nitrogens with one attached hydrogen (secondary N) is 1. The molecule has 0 radical (unpaired) electrons. The summed E-state index contributed by atoms with van der Waals surface area (Å²) in [5, 5.41) is 0. The SMILES string of the molecule is COc1cccnc1C(NN)c1c(C)oc(C)c1C. The summed E-state index contributed by atoms with van der Waals surface area (Å²) < 4.78 is 11.0. The molecule has 2 rings (SSSR count). The van der Waals surface area contributed by atoms with E-state index in [0.29, 0.717) is 5.75 Å². The summed E-state index contributed by atoms with van der Waals surface area (Å²) in [6.07, 6.45) is 1.72. The Bertz CT molecular complexity index is 578. The summed E-state index contributed by atoms with van der Waals surface area (Å²) in [6.45, 7) is 5.88. The molecule has 0 spiro atoms. The lowest BCUT2D eigenvalue weighted by molar-refractivity contribution is 0.399. The van der Waals surface area contributed by atoms with Crippen LogP contribution in [0.4, 0.5) is 0 Å². The Kier molecular flexibility index (Phi) is 3.87. The van der Waals surface area contributed by atoms with E-state index in [2.05, 4.69) is 10.4 Å². The quantitative estimate of drug-likeness (QED) is 0.651. The number of nitrogens with two attached hydrogens (primary N) is 1. The van der Waals surface area contributed by atoms with Gasteiger partial charge in [0, 0.05) is 11.8 Å². The Hall–Kier alpha value is -1.85. The number of rotatable bonds is 4. The fourth-order valence-electron chi connectivity index (χ4n) is 2.33. The van der Waals surface area contributed by atoms with Gasteiger partial charge in [0.1, 0.15) is 23.0 Å². The zero-order valence-electron chi connectivity index (χ0n) is 11.7. The van der Waals surface area contributed by atoms with Crippen molar-refractivity contribution in [1.29, 1.82) is 0 Å². The monoisotopic (exact) mass is 261 g/mol. The molecule has 0 bridgehead atoms. The molecule has 0 aliphatic carbocycles. The molecule has 102 valence electrons. The van der Waals surface area contributed by atoms with Crippen molar-refractivity contribution in [2.75, 3.05) is 7.11 Å². The zero-order chi connectivity index (χ0) is 14.0. The molecule has 5 nitrogen and oxygen atoms in total. The maximum atomic E-state index is 5.72. The van der Waals surface area contributed by atoms with Crippen LogP contribution in [0.2, 0.25) is 0 Å². The van der Waals surface area contributed by atoms with Crippen LogP contribution in [-0.2, 0) is 0 Å². The lowest BCUT2D eigenvalue weighted by atomic mass is 9.99. The second kappa shape index (κ2) is 5.42. The van der Waals surface area contributed by atoms with Crippen molar-refractivity contribution in [1.82, 2.24) is 10.4 Å². The number of hydrazine groups is 1. The molecule has 0 aliphatic heterocycles. The molecule has 0 aromatic carbocycles. The van der Waals surface area contributed by atoms with Crippen LogP contribution in [0.25, 0.3) is 0 Å². The number of methoxy groups -OCH3 is 1. The van der Waals surface area contributed by atoms with E-state index in [1.165, 1.54) is 0 Å². The Balaban J connectivity index is 2.56. The topological polar surface area (TPSA) is 73.3 Å². The predicted octanol–water partition coefficient (Wildman–Crippen LogP) is 2.16. The van der Waals surface area contributed by atoms with E-state index in [4.69, 9.17) is 15.0 Å². The summed E-state index contributed by atoms with van der Waals surface area (Å²) in [4.78, 5) is 4.38. The first-order valence-corrected chi connectivity index (χ1v) is 6.11. The van der Waals surface area contributed by atoms with Crippen molar-refractivity contribution < 1.29 is 9.15 Å². The summed E-state index contributed by atoms with van der Waals surface area (Å²) in [5.41, 5.74) is 5.64. The van der Waals surface area contributed by atoms with Gasteiger partial charge in [-0.1, -0.05) is 0 Å². The first-order chi connectivity index (χ1) is 9.10. The van der Waals surface area contributed by atoms with Crippen LogP contribution >= 0.6 is 0 Å². The standard InChI is InChI=1S/C14H19N3O2/c1-8-9(2)19-10(3)12(8)14(17-15)13-11(18-4)6-5-7-16-13/h5-7,14,17H,15H2,1-4H3. The second-order valence-corrected chi connectivity index (χ2v) is 4.44. The average Bonchev–Trinajstić information content (AvgIpc) is 2.67. The molecule has 1 atom stereocenters. The third kappa shape index (κ3) is 2.34. The normalized spacial score (nSPS) is 12.5. The molecule has 0 amide bonds. The molecule has 0 saturated carbocycles. The van der Waals surface area contributed by atoms with Crippen molar-refractivity contribution in [2.45, 2.75) is 26.8 Å². The molecule has 2 aromatic heterocycles. The van der Waals surface area contributed by atoms with Crippen molar-refractivity contribution in [3.05, 3.63) is 46.7 Å². The minimum absolute atomic E-state index is 0.256. The molecule has 3 N–H and O–H groups in total. The Labute approximate surface area is 112 Å². The molecule has 0 saturated heterocycles. The minimum atomic E-state index is -0.256. The van der Waals surface area contributed by atoms with Gasteiger partial charge in [-0.3, -0.25) is 10.8 Å². The van der Waals surface area contributed by atoms with E-state index < -0.39 is 0 Å². The number of nitrogens with zero attached hydrogens (tertiary/aromatic N) is 1. The number of hydrogen-bond donors (Lipinski definition) is 2. The molecule has 2 aromatic rings. The molecule has 0 fully saturated rings. The van der Waals surface area contributed by atoms with Crippen molar-refractivity contribution in [2.24, 2.45) is 5.84 Å². The van der Waals surface area contributed by atoms with E-state index in [1.807, 2.05) is 32.9 Å². The van der Waals surface area contributed by atoms with Crippen LogP contribution in [0.1, 0.15) is 34.4 Å². The lowest BCUT2D eigenvalue weighted by Crippen LogP contribution is -2.30. The highest BCUT2D eigenvalue weighted by atomic mass is 16.5. The lowest BCUT2D eigenvalue weighted by Gasteiger charge is -2.18. The van der Waals surface area contributed by atoms with Crippen molar-refractivity contribution >= 4 is 0 Å². The molecule has 0 aliphatic rings. The molecular formula is C14H19N3O2. The number of hydrogen-bond acceptors (Lipinski definition) is 5. The van der Waals surface area contributed by atoms with Gasteiger partial charge in [0.15, 0.2) is 0 Å². The fourth-order valence-corrected chi connectivity index (χ4v) is 2.33. The molecule has 1 unspecified atom stereocenters. The fraction of sp³-hybridized carbons (Fsp3) is 0.357. The van der Waals surface area contributed by atoms with Gasteiger partial charge in [0.2, 0.25) is 0 Å². The van der Waals surface area contributed by atoms with Gasteiger partial charge in [-0.2, -0.15) is 0 Å². The predicted molar refractivity (Wildman–Crippen MR) is 72.9 cm³/mol. The van der Waals surface area contributed by atoms with E-state index >= 15 is 0 Å². The van der Waals surface area contributed by atoms with Gasteiger partial charge < -0.3 is 9.15 Å². The van der Waals surface area contributed by atoms with Crippen LogP contribution in [-0.4, -0.2) is 12.1 Å². The maximum absolute atomic E-state index is 5.72. The largest absolute Gasteiger partial charge is 0.495 e. The summed E-state index contributed by atoms with van der Waals surface area (Å²) in [6, 6.07) is 3.44. The van der Waals surface area contributed by atoms with Gasteiger partial charge in [-0.25, -0.2) is 5.43 Å². The van der Waals surface area contributed by atoms with Crippen LogP contribution < -0.4 is 16.0 Å². The number of pyridine rings is 1. The second-order valence-electron chi connectivity index (χ2n) is 4.44. The zero-order valence-corrected chi connectivity index (χ0v) is 11.7. The highest BCUT2D eigenvalue weighted by Gasteiger charge is 2.25. The van der Waals surface area contributed by atoms with Crippen LogP contribution in [0.5, 0.6) is 5.75 Å². The van der Waals surface area contributed by atoms with E-state index in [1.54, 1.807) is 13.3 Å². The van der Waals surface area contributed by atoms with Crippen molar-refractivity contribution in [3.63, 3.8) is 0 Å². The van der Waals surface area contributed by atoms with E-state index in [9.17, 15) is 0 Å². The van der Waals surface area contributed by atoms with Crippen LogP contribution in [0.15, 0.2) is 22.7 Å². The summed E-state index contributed by atoms with van der Waals surface area (Å²) in [7, 11) is 1.62. The van der Waals surface area contributed by atoms with Gasteiger partial charge in [-0.15, -0.1) is 0 Å². The minimum Gasteiger partial charge on any atom is -0.495 e. The maximum Gasteiger partial charge on any atom is 0.142 e. The van der Waals surface area contributed by atoms with Gasteiger partial charge in [0.25, 0.3) is 0 Å². The number of aryl methyl sites for hydroxylation is 2. The Morgan fingerprint density at radius 1 is 1.32 bits per heavy atom. The highest BCUT2D eigenvalue weighted by molar-refractivity contribution is 5.42. The van der Waals surface area contributed by atoms with E-state index in [-0.39, 0.29) is 6.04 Å². The number of furan rings is 1. The van der Waals surface area contributed by atoms with Crippen molar-refractivity contribution in [3.8, 4) is 5.75 Å². The smallest absolute Gasteiger partial charge is 0.142 e. The molecule has 19 heavy (non-hydrogen) atoms. The van der Waals surface area contributed by atoms with Gasteiger partial charge >= 0.3 is 0 Å². The van der Waals surface area contributed by atoms with E-state index in [0.717, 1.165) is 28.3 Å². The first-order valence-electron chi connectivity index (χ1n) is 6.11. The van der Waals surface area contributed by atoms with Crippen LogP contribution in [0.3, 0.4) is 0 Å². The van der Waals surface area contributed by atoms with Gasteiger partial charge in [0.05, 0.1) is 13.2 Å². The average molecular weight is 261 g/mol. The summed E-state index contributed by atoms with van der Waals surface area (Å²) >= 11 is 0. The number of ether oxygens (including phenoxy) is 1. The third-order valence-electron chi connectivity index (χ3n) is 3.37. The highest BCUT2D eigenvalue weighted by Crippen LogP contribution is 2.33. The summed E-state index contributed by atoms with van der Waals surface area (Å²) in [5.74, 6) is 8.15.